The smallest absolute Gasteiger partial charge is 0.320 e. The second kappa shape index (κ2) is 10.6. The number of amides is 3. The molecule has 0 saturated heterocycles. The lowest BCUT2D eigenvalue weighted by molar-refractivity contribution is -0.132. The van der Waals surface area contributed by atoms with Gasteiger partial charge in [0.25, 0.3) is 0 Å². The van der Waals surface area contributed by atoms with E-state index in [1.807, 2.05) is 50.5 Å². The third-order valence-electron chi connectivity index (χ3n) is 6.21. The van der Waals surface area contributed by atoms with Crippen LogP contribution in [0.5, 0.6) is 0 Å². The fourth-order valence-corrected chi connectivity index (χ4v) is 4.30. The van der Waals surface area contributed by atoms with Gasteiger partial charge in [0.1, 0.15) is 0 Å². The Hall–Kier alpha value is -3.26. The van der Waals surface area contributed by atoms with E-state index in [0.29, 0.717) is 26.1 Å². The first kappa shape index (κ1) is 22.9. The number of unbranched alkanes of at least 4 members (excludes halogenated alkanes) is 2. The highest BCUT2D eigenvalue weighted by Gasteiger charge is 2.27. The second-order valence-electron chi connectivity index (χ2n) is 8.78. The maximum absolute atomic E-state index is 12.7. The number of hydrazone groups is 1. The summed E-state index contributed by atoms with van der Waals surface area (Å²) in [5.41, 5.74) is 4.87. The molecule has 0 saturated carbocycles. The number of benzene rings is 1. The molecule has 1 atom stereocenters. The van der Waals surface area contributed by atoms with Gasteiger partial charge in [-0.05, 0) is 61.3 Å². The van der Waals surface area contributed by atoms with Gasteiger partial charge in [-0.1, -0.05) is 25.5 Å². The van der Waals surface area contributed by atoms with Crippen LogP contribution in [0, 0.1) is 5.92 Å². The van der Waals surface area contributed by atoms with E-state index in [1.165, 1.54) is 0 Å². The molecule has 174 valence electrons. The van der Waals surface area contributed by atoms with E-state index < -0.39 is 0 Å². The lowest BCUT2D eigenvalue weighted by Gasteiger charge is -2.28. The molecule has 1 aromatic carbocycles. The van der Waals surface area contributed by atoms with Crippen molar-refractivity contribution < 1.29 is 9.59 Å². The number of hydrogen-bond donors (Lipinski definition) is 2. The number of rotatable bonds is 8. The van der Waals surface area contributed by atoms with E-state index in [4.69, 9.17) is 5.10 Å². The highest BCUT2D eigenvalue weighted by Crippen LogP contribution is 2.24. The van der Waals surface area contributed by atoms with Gasteiger partial charge in [-0.25, -0.2) is 9.80 Å². The van der Waals surface area contributed by atoms with Crippen LogP contribution in [0.25, 0.3) is 0 Å². The van der Waals surface area contributed by atoms with Crippen molar-refractivity contribution in [3.05, 3.63) is 59.4 Å². The molecular weight excluding hydrogens is 416 g/mol. The quantitative estimate of drug-likeness (QED) is 0.604. The van der Waals surface area contributed by atoms with Crippen LogP contribution in [-0.4, -0.2) is 52.7 Å². The number of aromatic nitrogens is 1. The predicted octanol–water partition coefficient (Wildman–Crippen LogP) is 3.59. The van der Waals surface area contributed by atoms with Crippen molar-refractivity contribution in [2.24, 2.45) is 11.0 Å². The molecule has 3 amide bonds. The Labute approximate surface area is 195 Å². The monoisotopic (exact) mass is 448 g/mol. The normalized spacial score (nSPS) is 17.7. The summed E-state index contributed by atoms with van der Waals surface area (Å²) in [5.74, 6) is 0.153. The third-order valence-corrected chi connectivity index (χ3v) is 6.21. The largest absolute Gasteiger partial charge is 0.322 e. The zero-order valence-electron chi connectivity index (χ0n) is 19.4. The van der Waals surface area contributed by atoms with Gasteiger partial charge < -0.3 is 15.5 Å². The molecule has 8 heteroatoms. The summed E-state index contributed by atoms with van der Waals surface area (Å²) >= 11 is 0. The summed E-state index contributed by atoms with van der Waals surface area (Å²) in [6.45, 7) is 4.84. The number of carbonyl (C=O) groups is 2. The van der Waals surface area contributed by atoms with Crippen LogP contribution in [0.3, 0.4) is 0 Å². The minimum atomic E-state index is -0.127. The van der Waals surface area contributed by atoms with E-state index in [9.17, 15) is 9.59 Å². The van der Waals surface area contributed by atoms with Crippen LogP contribution in [0.15, 0.2) is 47.8 Å². The van der Waals surface area contributed by atoms with Gasteiger partial charge in [0.2, 0.25) is 5.91 Å². The van der Waals surface area contributed by atoms with E-state index in [-0.39, 0.29) is 17.9 Å². The molecular formula is C25H32N6O2. The fraction of sp³-hybridized carbons (Fsp3) is 0.440. The molecule has 1 unspecified atom stereocenters. The van der Waals surface area contributed by atoms with E-state index in [0.717, 1.165) is 53.9 Å². The van der Waals surface area contributed by atoms with Crippen molar-refractivity contribution in [1.82, 2.24) is 20.2 Å². The Morgan fingerprint density at radius 3 is 2.64 bits per heavy atom. The summed E-state index contributed by atoms with van der Waals surface area (Å²) in [4.78, 5) is 31.0. The molecule has 2 N–H and O–H groups in total. The van der Waals surface area contributed by atoms with Gasteiger partial charge in [-0.2, -0.15) is 5.10 Å². The molecule has 8 nitrogen and oxygen atoms in total. The summed E-state index contributed by atoms with van der Waals surface area (Å²) in [6.07, 6.45) is 7.15. The van der Waals surface area contributed by atoms with Gasteiger partial charge in [-0.3, -0.25) is 9.78 Å². The SMILES string of the molecule is CNCCCCCN1N=C(c2ccc(NC(=O)N3Cc4ccncc4C3)cc2)C(C)CC1=O. The molecule has 2 aliphatic rings. The van der Waals surface area contributed by atoms with Crippen LogP contribution in [0.1, 0.15) is 49.3 Å². The average Bonchev–Trinajstić information content (AvgIpc) is 3.25. The average molecular weight is 449 g/mol. The zero-order valence-corrected chi connectivity index (χ0v) is 19.4. The highest BCUT2D eigenvalue weighted by molar-refractivity contribution is 6.06. The molecule has 0 fully saturated rings. The molecule has 0 spiro atoms. The molecule has 0 aliphatic carbocycles. The second-order valence-corrected chi connectivity index (χ2v) is 8.78. The summed E-state index contributed by atoms with van der Waals surface area (Å²) in [5, 5.41) is 12.4. The van der Waals surface area contributed by atoms with Crippen molar-refractivity contribution in [2.45, 2.75) is 45.7 Å². The number of hydrogen-bond acceptors (Lipinski definition) is 5. The lowest BCUT2D eigenvalue weighted by atomic mass is 9.93. The Morgan fingerprint density at radius 2 is 1.88 bits per heavy atom. The van der Waals surface area contributed by atoms with Crippen LogP contribution < -0.4 is 10.6 Å². The number of anilines is 1. The Balaban J connectivity index is 1.37. The van der Waals surface area contributed by atoms with Crippen LogP contribution in [0.2, 0.25) is 0 Å². The molecule has 2 aliphatic heterocycles. The minimum Gasteiger partial charge on any atom is -0.320 e. The van der Waals surface area contributed by atoms with Crippen LogP contribution >= 0.6 is 0 Å². The number of urea groups is 1. The predicted molar refractivity (Wildman–Crippen MR) is 129 cm³/mol. The first-order chi connectivity index (χ1) is 16.0. The molecule has 4 rings (SSSR count). The Bertz CT molecular complexity index is 995. The van der Waals surface area contributed by atoms with Gasteiger partial charge in [0.15, 0.2) is 0 Å². The highest BCUT2D eigenvalue weighted by atomic mass is 16.2. The summed E-state index contributed by atoms with van der Waals surface area (Å²) in [7, 11) is 1.95. The van der Waals surface area contributed by atoms with Gasteiger partial charge in [0, 0.05) is 50.1 Å². The standard InChI is InChI=1S/C25H32N6O2/c1-18-14-23(32)31(13-5-3-4-11-26-2)29-24(18)19-6-8-22(9-7-19)28-25(33)30-16-20-10-12-27-15-21(20)17-30/h6-10,12,15,18,26H,3-5,11,13-14,16-17H2,1-2H3,(H,28,33). The Kier molecular flexibility index (Phi) is 7.34. The summed E-state index contributed by atoms with van der Waals surface area (Å²) in [6, 6.07) is 9.55. The lowest BCUT2D eigenvalue weighted by Crippen LogP contribution is -2.36. The number of nitrogens with zero attached hydrogens (tertiary/aromatic N) is 4. The number of carbonyl (C=O) groups excluding carboxylic acids is 2. The van der Waals surface area contributed by atoms with Crippen LogP contribution in [0.4, 0.5) is 10.5 Å². The number of nitrogens with one attached hydrogen (secondary N) is 2. The molecule has 0 radical (unpaired) electrons. The van der Waals surface area contributed by atoms with Gasteiger partial charge in [-0.15, -0.1) is 0 Å². The molecule has 0 bridgehead atoms. The molecule has 3 heterocycles. The van der Waals surface area contributed by atoms with Crippen molar-refractivity contribution in [3.8, 4) is 0 Å². The van der Waals surface area contributed by atoms with Crippen molar-refractivity contribution in [3.63, 3.8) is 0 Å². The molecule has 33 heavy (non-hydrogen) atoms. The van der Waals surface area contributed by atoms with Gasteiger partial charge >= 0.3 is 6.03 Å². The minimum absolute atomic E-state index is 0.0650. The van der Waals surface area contributed by atoms with Crippen molar-refractivity contribution in [2.75, 3.05) is 25.5 Å². The maximum Gasteiger partial charge on any atom is 0.322 e. The molecule has 2 aromatic rings. The Morgan fingerprint density at radius 1 is 1.09 bits per heavy atom. The van der Waals surface area contributed by atoms with Crippen molar-refractivity contribution >= 4 is 23.3 Å². The number of fused-ring (bicyclic) bond motifs is 1. The number of pyridine rings is 1. The van der Waals surface area contributed by atoms with Crippen molar-refractivity contribution in [1.29, 1.82) is 0 Å². The fourth-order valence-electron chi connectivity index (χ4n) is 4.30. The first-order valence-corrected chi connectivity index (χ1v) is 11.7. The van der Waals surface area contributed by atoms with E-state index >= 15 is 0 Å². The molecule has 1 aromatic heterocycles. The third kappa shape index (κ3) is 5.57. The van der Waals surface area contributed by atoms with E-state index in [2.05, 4.69) is 15.6 Å². The summed E-state index contributed by atoms with van der Waals surface area (Å²) < 4.78 is 0. The van der Waals surface area contributed by atoms with Crippen LogP contribution in [-0.2, 0) is 17.9 Å². The topological polar surface area (TPSA) is 89.9 Å². The maximum atomic E-state index is 12.7. The van der Waals surface area contributed by atoms with E-state index in [1.54, 1.807) is 16.1 Å². The zero-order chi connectivity index (χ0) is 23.2. The van der Waals surface area contributed by atoms with Gasteiger partial charge in [0.05, 0.1) is 5.71 Å². The first-order valence-electron chi connectivity index (χ1n) is 11.7.